The van der Waals surface area contributed by atoms with Crippen LogP contribution in [-0.2, 0) is 4.57 Å². The van der Waals surface area contributed by atoms with Crippen LogP contribution >= 0.6 is 19.2 Å². The van der Waals surface area contributed by atoms with Crippen LogP contribution in [0.4, 0.5) is 5.95 Å². The van der Waals surface area contributed by atoms with Gasteiger partial charge in [-0.25, -0.2) is 14.3 Å². The zero-order chi connectivity index (χ0) is 12.8. The second-order valence-electron chi connectivity index (χ2n) is 4.12. The Kier molecular flexibility index (Phi) is 2.94. The van der Waals surface area contributed by atoms with Gasteiger partial charge < -0.3 is 4.74 Å². The van der Waals surface area contributed by atoms with Crippen LogP contribution in [0.2, 0.25) is 5.15 Å². The molecule has 0 saturated carbocycles. The Labute approximate surface area is 110 Å². The molecule has 2 aliphatic rings. The molecule has 2 fully saturated rings. The lowest BCUT2D eigenvalue weighted by Gasteiger charge is -2.20. The summed E-state index contributed by atoms with van der Waals surface area (Å²) in [6, 6.07) is 1.51. The van der Waals surface area contributed by atoms with Crippen molar-refractivity contribution in [3.8, 4) is 5.88 Å². The third-order valence-corrected chi connectivity index (χ3v) is 5.76. The van der Waals surface area contributed by atoms with E-state index in [4.69, 9.17) is 16.3 Å². The van der Waals surface area contributed by atoms with Crippen molar-refractivity contribution in [3.05, 3.63) is 11.2 Å². The molecule has 0 radical (unpaired) electrons. The van der Waals surface area contributed by atoms with Crippen molar-refractivity contribution in [2.24, 2.45) is 0 Å². The summed E-state index contributed by atoms with van der Waals surface area (Å²) in [4.78, 5) is 8.13. The van der Waals surface area contributed by atoms with Crippen LogP contribution in [0.25, 0.3) is 0 Å². The van der Waals surface area contributed by atoms with Gasteiger partial charge in [-0.3, -0.25) is 9.65 Å². The molecule has 0 amide bonds. The Morgan fingerprint density at radius 2 is 1.94 bits per heavy atom. The van der Waals surface area contributed by atoms with Crippen LogP contribution in [0.3, 0.4) is 0 Å². The Morgan fingerprint density at radius 1 is 1.33 bits per heavy atom. The van der Waals surface area contributed by atoms with Crippen molar-refractivity contribution in [1.82, 2.24) is 19.3 Å². The highest BCUT2D eigenvalue weighted by Crippen LogP contribution is 2.59. The predicted molar refractivity (Wildman–Crippen MR) is 68.0 cm³/mol. The van der Waals surface area contributed by atoms with Crippen molar-refractivity contribution in [1.29, 1.82) is 0 Å². The predicted octanol–water partition coefficient (Wildman–Crippen LogP) is 1.29. The van der Waals surface area contributed by atoms with Gasteiger partial charge in [0.25, 0.3) is 0 Å². The number of rotatable bonds is 5. The monoisotopic (exact) mass is 289 g/mol. The molecule has 0 bridgehead atoms. The molecule has 3 rings (SSSR count). The molecule has 0 aliphatic carbocycles. The van der Waals surface area contributed by atoms with Crippen LogP contribution in [0.15, 0.2) is 6.07 Å². The van der Waals surface area contributed by atoms with E-state index in [1.54, 1.807) is 0 Å². The topological polar surface area (TPSA) is 70.1 Å². The van der Waals surface area contributed by atoms with E-state index in [2.05, 4.69) is 15.1 Å². The average molecular weight is 290 g/mol. The number of hydrogen-bond acceptors (Lipinski definition) is 4. The van der Waals surface area contributed by atoms with Crippen molar-refractivity contribution in [2.45, 2.75) is 0 Å². The third kappa shape index (κ3) is 2.31. The maximum absolute atomic E-state index is 12.8. The molecule has 3 heterocycles. The standard InChI is InChI=1S/C9H13ClN5O2P/c1-17-8-6-7(10)11-9(12-8)13-18(16,14-2-3-14)15-4-5-15/h6H,2-5H2,1H3,(H,11,12,13,16). The molecule has 0 atom stereocenters. The van der Waals surface area contributed by atoms with E-state index in [9.17, 15) is 4.57 Å². The van der Waals surface area contributed by atoms with E-state index in [0.717, 1.165) is 26.2 Å². The minimum absolute atomic E-state index is 0.237. The van der Waals surface area contributed by atoms with Crippen LogP contribution in [0.5, 0.6) is 5.88 Å². The molecule has 2 aliphatic heterocycles. The summed E-state index contributed by atoms with van der Waals surface area (Å²) in [6.07, 6.45) is 0. The van der Waals surface area contributed by atoms with Crippen LogP contribution in [0.1, 0.15) is 0 Å². The summed E-state index contributed by atoms with van der Waals surface area (Å²) < 4.78 is 21.6. The molecule has 18 heavy (non-hydrogen) atoms. The van der Waals surface area contributed by atoms with E-state index in [0.29, 0.717) is 5.88 Å². The molecular formula is C9H13ClN5O2P. The van der Waals surface area contributed by atoms with Crippen molar-refractivity contribution in [3.63, 3.8) is 0 Å². The highest BCUT2D eigenvalue weighted by Gasteiger charge is 2.48. The van der Waals surface area contributed by atoms with Gasteiger partial charge in [0.05, 0.1) is 7.11 Å². The van der Waals surface area contributed by atoms with Crippen molar-refractivity contribution < 1.29 is 9.30 Å². The van der Waals surface area contributed by atoms with Gasteiger partial charge in [0.1, 0.15) is 5.15 Å². The van der Waals surface area contributed by atoms with Gasteiger partial charge in [-0.15, -0.1) is 0 Å². The minimum Gasteiger partial charge on any atom is -0.481 e. The first-order chi connectivity index (χ1) is 8.61. The molecule has 0 aromatic carbocycles. The van der Waals surface area contributed by atoms with E-state index in [1.807, 2.05) is 9.34 Å². The lowest BCUT2D eigenvalue weighted by molar-refractivity contribution is 0.397. The maximum atomic E-state index is 12.8. The number of hydrogen-bond donors (Lipinski definition) is 1. The lowest BCUT2D eigenvalue weighted by Crippen LogP contribution is -2.14. The summed E-state index contributed by atoms with van der Waals surface area (Å²) >= 11 is 5.86. The summed E-state index contributed by atoms with van der Waals surface area (Å²) in [5.41, 5.74) is 0. The van der Waals surface area contributed by atoms with Gasteiger partial charge in [-0.1, -0.05) is 11.6 Å². The molecule has 2 saturated heterocycles. The van der Waals surface area contributed by atoms with Gasteiger partial charge in [0, 0.05) is 32.2 Å². The van der Waals surface area contributed by atoms with Crippen LogP contribution in [-0.4, -0.2) is 52.6 Å². The zero-order valence-electron chi connectivity index (χ0n) is 9.84. The number of anilines is 1. The summed E-state index contributed by atoms with van der Waals surface area (Å²) in [6.45, 7) is 3.33. The normalized spacial score (nSPS) is 19.7. The number of halogens is 1. The fourth-order valence-corrected chi connectivity index (χ4v) is 4.07. The highest BCUT2D eigenvalue weighted by atomic mass is 35.5. The number of methoxy groups -OCH3 is 1. The van der Waals surface area contributed by atoms with Crippen LogP contribution < -0.4 is 9.82 Å². The van der Waals surface area contributed by atoms with E-state index in [1.165, 1.54) is 13.2 Å². The SMILES string of the molecule is COc1cc(Cl)nc(NP(=O)(N2CC2)N2CC2)n1. The molecule has 98 valence electrons. The van der Waals surface area contributed by atoms with E-state index in [-0.39, 0.29) is 11.1 Å². The number of nitrogens with zero attached hydrogens (tertiary/aromatic N) is 4. The Hall–Kier alpha value is -0.880. The minimum atomic E-state index is -2.74. The molecule has 7 nitrogen and oxygen atoms in total. The third-order valence-electron chi connectivity index (χ3n) is 2.74. The molecular weight excluding hydrogens is 277 g/mol. The first kappa shape index (κ1) is 12.2. The van der Waals surface area contributed by atoms with Gasteiger partial charge in [-0.05, 0) is 0 Å². The smallest absolute Gasteiger partial charge is 0.311 e. The second-order valence-corrected chi connectivity index (χ2v) is 6.95. The van der Waals surface area contributed by atoms with Gasteiger partial charge in [-0.2, -0.15) is 4.98 Å². The molecule has 0 spiro atoms. The second kappa shape index (κ2) is 4.35. The fourth-order valence-electron chi connectivity index (χ4n) is 1.63. The number of ether oxygens (including phenoxy) is 1. The molecule has 1 N–H and O–H groups in total. The molecule has 1 aromatic rings. The largest absolute Gasteiger partial charge is 0.481 e. The van der Waals surface area contributed by atoms with E-state index < -0.39 is 7.59 Å². The van der Waals surface area contributed by atoms with Gasteiger partial charge in [0.2, 0.25) is 11.8 Å². The highest BCUT2D eigenvalue weighted by molar-refractivity contribution is 7.61. The number of nitrogens with one attached hydrogen (secondary N) is 1. The quantitative estimate of drug-likeness (QED) is 0.497. The lowest BCUT2D eigenvalue weighted by atomic mass is 10.6. The molecule has 0 unspecified atom stereocenters. The van der Waals surface area contributed by atoms with Gasteiger partial charge >= 0.3 is 7.59 Å². The summed E-state index contributed by atoms with van der Waals surface area (Å²) in [7, 11) is -1.24. The summed E-state index contributed by atoms with van der Waals surface area (Å²) in [5, 5.41) is 3.17. The Morgan fingerprint density at radius 3 is 2.44 bits per heavy atom. The van der Waals surface area contributed by atoms with Crippen LogP contribution in [0, 0.1) is 0 Å². The molecule has 9 heteroatoms. The first-order valence-electron chi connectivity index (χ1n) is 5.59. The summed E-state index contributed by atoms with van der Waals surface area (Å²) in [5.74, 6) is 0.585. The zero-order valence-corrected chi connectivity index (χ0v) is 11.5. The fraction of sp³-hybridized carbons (Fsp3) is 0.556. The van der Waals surface area contributed by atoms with Crippen molar-refractivity contribution >= 4 is 25.1 Å². The first-order valence-corrected chi connectivity index (χ1v) is 7.58. The Balaban J connectivity index is 1.86. The van der Waals surface area contributed by atoms with Gasteiger partial charge in [0.15, 0.2) is 0 Å². The average Bonchev–Trinajstić information content (AvgIpc) is 3.19. The maximum Gasteiger partial charge on any atom is 0.311 e. The molecule has 1 aromatic heterocycles. The Bertz CT molecular complexity index is 504. The van der Waals surface area contributed by atoms with E-state index >= 15 is 0 Å². The van der Waals surface area contributed by atoms with Crippen molar-refractivity contribution in [2.75, 3.05) is 38.4 Å². The number of aromatic nitrogens is 2.